The van der Waals surface area contributed by atoms with Crippen molar-refractivity contribution in [1.82, 2.24) is 20.9 Å². The number of amides is 4. The number of benzene rings is 3. The number of nitrogens with zero attached hydrogens (tertiary/aromatic N) is 1. The molecule has 0 aliphatic rings. The first-order chi connectivity index (χ1) is 24.7. The number of H-pyrrole nitrogens is 1. The number of hydrogen-bond acceptors (Lipinski definition) is 7. The number of ether oxygens (including phenoxy) is 1. The van der Waals surface area contributed by atoms with Gasteiger partial charge in [0.1, 0.15) is 29.5 Å². The van der Waals surface area contributed by atoms with Crippen LogP contribution < -0.4 is 32.7 Å². The molecule has 4 amide bonds. The molecule has 0 aliphatic carbocycles. The number of hydrogen-bond donors (Lipinski definition) is 8. The number of carbonyl (C=O) groups is 4. The number of phenols is 1. The average Bonchev–Trinajstić information content (AvgIpc) is 3.49. The van der Waals surface area contributed by atoms with Gasteiger partial charge in [-0.2, -0.15) is 0 Å². The minimum absolute atomic E-state index is 0.0198. The minimum atomic E-state index is -1.17. The molecular formula is C37H45BrN8O6. The fourth-order valence-corrected chi connectivity index (χ4v) is 5.85. The second-order valence-corrected chi connectivity index (χ2v) is 14.0. The molecule has 10 N–H and O–H groups in total. The molecule has 3 aromatic carbocycles. The van der Waals surface area contributed by atoms with Crippen LogP contribution in [0, 0.1) is 0 Å². The van der Waals surface area contributed by atoms with Gasteiger partial charge in [0.05, 0.1) is 5.52 Å². The van der Waals surface area contributed by atoms with Gasteiger partial charge in [-0.3, -0.25) is 19.4 Å². The predicted molar refractivity (Wildman–Crippen MR) is 204 cm³/mol. The Hall–Kier alpha value is -5.57. The summed E-state index contributed by atoms with van der Waals surface area (Å²) in [6.07, 6.45) is 1.50. The smallest absolute Gasteiger partial charge is 0.408 e. The molecule has 4 aromatic rings. The summed E-state index contributed by atoms with van der Waals surface area (Å²) >= 11 is 3.54. The first-order valence-corrected chi connectivity index (χ1v) is 17.5. The number of fused-ring (bicyclic) bond motifs is 1. The third kappa shape index (κ3) is 12.0. The number of guanidine groups is 1. The number of para-hydroxylation sites is 2. The number of halogens is 1. The number of anilines is 1. The van der Waals surface area contributed by atoms with E-state index in [-0.39, 0.29) is 37.5 Å². The summed E-state index contributed by atoms with van der Waals surface area (Å²) in [7, 11) is 0. The number of nitrogens with two attached hydrogens (primary N) is 2. The van der Waals surface area contributed by atoms with Crippen molar-refractivity contribution in [2.75, 3.05) is 11.9 Å². The Morgan fingerprint density at radius 3 is 2.17 bits per heavy atom. The molecule has 0 fully saturated rings. The molecule has 14 nitrogen and oxygen atoms in total. The molecule has 15 heteroatoms. The van der Waals surface area contributed by atoms with Crippen molar-refractivity contribution in [3.05, 3.63) is 94.6 Å². The highest BCUT2D eigenvalue weighted by molar-refractivity contribution is 9.10. The van der Waals surface area contributed by atoms with E-state index < -0.39 is 47.5 Å². The lowest BCUT2D eigenvalue weighted by Gasteiger charge is -2.26. The maximum Gasteiger partial charge on any atom is 0.408 e. The highest BCUT2D eigenvalue weighted by atomic mass is 79.9. The van der Waals surface area contributed by atoms with Gasteiger partial charge in [0.2, 0.25) is 17.7 Å². The van der Waals surface area contributed by atoms with Gasteiger partial charge in [0, 0.05) is 41.1 Å². The topological polar surface area (TPSA) is 226 Å². The van der Waals surface area contributed by atoms with Gasteiger partial charge in [-0.25, -0.2) is 4.79 Å². The van der Waals surface area contributed by atoms with Crippen molar-refractivity contribution in [2.24, 2.45) is 16.5 Å². The Morgan fingerprint density at radius 2 is 1.50 bits per heavy atom. The molecule has 3 atom stereocenters. The SMILES string of the molecule is CC(C)(C)OC(=O)N[C@@H](Cc1ccc(O)cc1)C(=O)N[C@@H](CCCN=C(N)N)C(=O)N[C@@H](Cc1c[nH]c2c(Br)cccc12)C(=O)Nc1ccccc1. The molecule has 1 aromatic heterocycles. The highest BCUT2D eigenvalue weighted by Gasteiger charge is 2.31. The maximum absolute atomic E-state index is 14.1. The Morgan fingerprint density at radius 1 is 0.846 bits per heavy atom. The van der Waals surface area contributed by atoms with Gasteiger partial charge in [0.25, 0.3) is 0 Å². The predicted octanol–water partition coefficient (Wildman–Crippen LogP) is 3.98. The fraction of sp³-hybridized carbons (Fsp3) is 0.324. The van der Waals surface area contributed by atoms with E-state index in [4.69, 9.17) is 16.2 Å². The second-order valence-electron chi connectivity index (χ2n) is 13.2. The highest BCUT2D eigenvalue weighted by Crippen LogP contribution is 2.26. The van der Waals surface area contributed by atoms with Crippen molar-refractivity contribution in [1.29, 1.82) is 0 Å². The number of carbonyl (C=O) groups excluding carboxylic acids is 4. The van der Waals surface area contributed by atoms with E-state index in [9.17, 15) is 24.3 Å². The van der Waals surface area contributed by atoms with E-state index in [1.807, 2.05) is 24.3 Å². The maximum atomic E-state index is 14.1. The van der Waals surface area contributed by atoms with Crippen LogP contribution in [0.15, 0.2) is 88.5 Å². The van der Waals surface area contributed by atoms with Crippen LogP contribution in [0.25, 0.3) is 10.9 Å². The van der Waals surface area contributed by atoms with E-state index in [1.54, 1.807) is 63.4 Å². The van der Waals surface area contributed by atoms with E-state index >= 15 is 0 Å². The van der Waals surface area contributed by atoms with Gasteiger partial charge in [0.15, 0.2) is 5.96 Å². The number of rotatable bonds is 15. The van der Waals surface area contributed by atoms with Crippen molar-refractivity contribution in [2.45, 2.75) is 70.2 Å². The van der Waals surface area contributed by atoms with E-state index in [0.717, 1.165) is 20.9 Å². The largest absolute Gasteiger partial charge is 0.508 e. The van der Waals surface area contributed by atoms with E-state index in [2.05, 4.69) is 47.2 Å². The quantitative estimate of drug-likeness (QED) is 0.0500. The number of phenolic OH excluding ortho intramolecular Hbond substituents is 1. The van der Waals surface area contributed by atoms with Crippen molar-refractivity contribution in [3.8, 4) is 5.75 Å². The standard InChI is InChI=1S/C37H45BrN8O6/c1-37(2,3)52-36(51)46-29(19-22-14-16-25(47)17-15-22)34(50)44-28(13-8-18-41-35(39)40)32(48)45-30(33(49)43-24-9-5-4-6-10-24)20-23-21-42-31-26(23)11-7-12-27(31)38/h4-7,9-12,14-17,21,28-30,42,47H,8,13,18-20H2,1-3H3,(H,43,49)(H,44,50)(H,45,48)(H,46,51)(H4,39,40,41)/t28-,29-,30-/m0/s1. The van der Waals surface area contributed by atoms with Crippen LogP contribution >= 0.6 is 15.9 Å². The molecule has 52 heavy (non-hydrogen) atoms. The Kier molecular flexibility index (Phi) is 13.6. The lowest BCUT2D eigenvalue weighted by atomic mass is 10.0. The van der Waals surface area contributed by atoms with E-state index in [0.29, 0.717) is 17.7 Å². The van der Waals surface area contributed by atoms with Gasteiger partial charge in [-0.05, 0) is 91.0 Å². The van der Waals surface area contributed by atoms with Crippen LogP contribution in [0.1, 0.15) is 44.7 Å². The Bertz CT molecular complexity index is 1870. The minimum Gasteiger partial charge on any atom is -0.508 e. The normalized spacial score (nSPS) is 12.9. The zero-order valence-corrected chi connectivity index (χ0v) is 30.8. The summed E-state index contributed by atoms with van der Waals surface area (Å²) in [5.41, 5.74) is 13.0. The van der Waals surface area contributed by atoms with Crippen molar-refractivity contribution >= 4 is 62.3 Å². The summed E-state index contributed by atoms with van der Waals surface area (Å²) in [5, 5.41) is 21.7. The molecule has 0 spiro atoms. The van der Waals surface area contributed by atoms with Crippen LogP contribution in [-0.4, -0.2) is 70.1 Å². The molecule has 0 saturated carbocycles. The lowest BCUT2D eigenvalue weighted by molar-refractivity contribution is -0.131. The third-order valence-corrected chi connectivity index (χ3v) is 8.47. The van der Waals surface area contributed by atoms with Crippen LogP contribution in [-0.2, 0) is 32.0 Å². The fourth-order valence-electron chi connectivity index (χ4n) is 5.37. The molecule has 0 radical (unpaired) electrons. The molecule has 0 unspecified atom stereocenters. The lowest BCUT2D eigenvalue weighted by Crippen LogP contribution is -2.57. The molecule has 276 valence electrons. The molecular weight excluding hydrogens is 732 g/mol. The van der Waals surface area contributed by atoms with Crippen LogP contribution in [0.3, 0.4) is 0 Å². The first-order valence-electron chi connectivity index (χ1n) is 16.7. The molecule has 0 aliphatic heterocycles. The van der Waals surface area contributed by atoms with Crippen molar-refractivity contribution < 1.29 is 29.0 Å². The number of nitrogens with one attached hydrogen (secondary N) is 5. The molecule has 1 heterocycles. The monoisotopic (exact) mass is 776 g/mol. The van der Waals surface area contributed by atoms with Crippen LogP contribution in [0.5, 0.6) is 5.75 Å². The van der Waals surface area contributed by atoms with Gasteiger partial charge < -0.3 is 47.6 Å². The Labute approximate surface area is 310 Å². The number of aromatic amines is 1. The van der Waals surface area contributed by atoms with Crippen LogP contribution in [0.4, 0.5) is 10.5 Å². The molecule has 0 bridgehead atoms. The summed E-state index contributed by atoms with van der Waals surface area (Å²) < 4.78 is 6.25. The molecule has 0 saturated heterocycles. The van der Waals surface area contributed by atoms with Crippen molar-refractivity contribution in [3.63, 3.8) is 0 Å². The zero-order chi connectivity index (χ0) is 37.8. The van der Waals surface area contributed by atoms with E-state index in [1.165, 1.54) is 12.1 Å². The van der Waals surface area contributed by atoms with Gasteiger partial charge in [-0.1, -0.05) is 42.5 Å². The summed E-state index contributed by atoms with van der Waals surface area (Å²) in [6.45, 7) is 5.26. The molecule has 4 rings (SSSR count). The summed E-state index contributed by atoms with van der Waals surface area (Å²) in [4.78, 5) is 61.8. The number of aromatic nitrogens is 1. The van der Waals surface area contributed by atoms with Crippen LogP contribution in [0.2, 0.25) is 0 Å². The third-order valence-electron chi connectivity index (χ3n) is 7.81. The average molecular weight is 778 g/mol. The summed E-state index contributed by atoms with van der Waals surface area (Å²) in [5.74, 6) is -1.86. The first kappa shape index (κ1) is 39.2. The zero-order valence-electron chi connectivity index (χ0n) is 29.2. The number of aromatic hydroxyl groups is 1. The number of alkyl carbamates (subject to hydrolysis) is 1. The van der Waals surface area contributed by atoms with Gasteiger partial charge >= 0.3 is 6.09 Å². The van der Waals surface area contributed by atoms with Gasteiger partial charge in [-0.15, -0.1) is 0 Å². The second kappa shape index (κ2) is 18.1. The number of aliphatic imine (C=N–C) groups is 1. The summed E-state index contributed by atoms with van der Waals surface area (Å²) in [6, 6.07) is 17.3. The Balaban J connectivity index is 1.61.